The molecule has 2 N–H and O–H groups in total. The minimum atomic E-state index is 0.133. The van der Waals surface area contributed by atoms with E-state index in [1.165, 1.54) is 12.8 Å². The average Bonchev–Trinajstić information content (AvgIpc) is 2.69. The fourth-order valence-corrected chi connectivity index (χ4v) is 3.00. The Morgan fingerprint density at radius 2 is 1.89 bits per heavy atom. The molecule has 4 heteroatoms. The van der Waals surface area contributed by atoms with Crippen molar-refractivity contribution in [2.24, 2.45) is 11.8 Å². The lowest BCUT2D eigenvalue weighted by atomic mass is 9.98. The van der Waals surface area contributed by atoms with Gasteiger partial charge in [-0.3, -0.25) is 4.79 Å². The largest absolute Gasteiger partial charge is 0.381 e. The van der Waals surface area contributed by atoms with Gasteiger partial charge in [-0.2, -0.15) is 0 Å². The summed E-state index contributed by atoms with van der Waals surface area (Å²) >= 11 is 0. The third-order valence-electron chi connectivity index (χ3n) is 4.58. The minimum Gasteiger partial charge on any atom is -0.381 e. The van der Waals surface area contributed by atoms with Crippen molar-refractivity contribution in [2.45, 2.75) is 51.6 Å². The van der Waals surface area contributed by atoms with E-state index in [4.69, 9.17) is 4.74 Å². The summed E-state index contributed by atoms with van der Waals surface area (Å²) in [6.07, 6.45) is 4.37. The Hall–Kier alpha value is -0.610. The Bertz CT molecular complexity index is 277. The van der Waals surface area contributed by atoms with Crippen LogP contribution in [-0.2, 0) is 9.53 Å². The molecule has 0 aromatic rings. The first-order valence-corrected chi connectivity index (χ1v) is 7.27. The zero-order chi connectivity index (χ0) is 13.0. The molecule has 3 unspecified atom stereocenters. The fraction of sp³-hybridized carbons (Fsp3) is 0.929. The Morgan fingerprint density at radius 1 is 1.17 bits per heavy atom. The van der Waals surface area contributed by atoms with E-state index in [1.807, 2.05) is 0 Å². The molecule has 2 fully saturated rings. The van der Waals surface area contributed by atoms with Gasteiger partial charge in [0.15, 0.2) is 0 Å². The highest BCUT2D eigenvalue weighted by molar-refractivity contribution is 5.78. The number of hydrogen-bond acceptors (Lipinski definition) is 3. The minimum absolute atomic E-state index is 0.133. The maximum atomic E-state index is 11.8. The summed E-state index contributed by atoms with van der Waals surface area (Å²) in [7, 11) is 0. The van der Waals surface area contributed by atoms with E-state index in [9.17, 15) is 4.79 Å². The molecule has 0 aromatic heterocycles. The summed E-state index contributed by atoms with van der Waals surface area (Å²) in [4.78, 5) is 11.8. The molecule has 1 saturated heterocycles. The van der Waals surface area contributed by atoms with Gasteiger partial charge in [0.25, 0.3) is 0 Å². The van der Waals surface area contributed by atoms with Crippen molar-refractivity contribution in [3.63, 3.8) is 0 Å². The number of rotatable bonds is 4. The van der Waals surface area contributed by atoms with Crippen LogP contribution in [0.5, 0.6) is 0 Å². The number of carbonyl (C=O) groups excluding carboxylic acids is 1. The van der Waals surface area contributed by atoms with E-state index < -0.39 is 0 Å². The molecule has 1 amide bonds. The molecule has 104 valence electrons. The van der Waals surface area contributed by atoms with Crippen molar-refractivity contribution in [2.75, 3.05) is 19.8 Å². The molecule has 2 rings (SSSR count). The first kappa shape index (κ1) is 13.8. The van der Waals surface area contributed by atoms with Gasteiger partial charge in [-0.05, 0) is 37.5 Å². The first-order valence-electron chi connectivity index (χ1n) is 7.27. The number of carbonyl (C=O) groups is 1. The van der Waals surface area contributed by atoms with Crippen LogP contribution in [0.3, 0.4) is 0 Å². The van der Waals surface area contributed by atoms with Gasteiger partial charge in [-0.15, -0.1) is 0 Å². The smallest absolute Gasteiger partial charge is 0.234 e. The first-order chi connectivity index (χ1) is 8.66. The Balaban J connectivity index is 1.65. The van der Waals surface area contributed by atoms with E-state index in [2.05, 4.69) is 24.5 Å². The standard InChI is InChI=1S/C14H26N2O2/c1-10-3-4-13(11(10)2)15-9-14(17)16-12-5-7-18-8-6-12/h10-13,15H,3-9H2,1-2H3,(H,16,17). The maximum Gasteiger partial charge on any atom is 0.234 e. The Morgan fingerprint density at radius 3 is 2.50 bits per heavy atom. The van der Waals surface area contributed by atoms with Gasteiger partial charge >= 0.3 is 0 Å². The van der Waals surface area contributed by atoms with Gasteiger partial charge in [0.1, 0.15) is 0 Å². The number of nitrogens with one attached hydrogen (secondary N) is 2. The van der Waals surface area contributed by atoms with Gasteiger partial charge in [0, 0.05) is 25.3 Å². The van der Waals surface area contributed by atoms with Crippen molar-refractivity contribution in [3.8, 4) is 0 Å². The molecule has 2 aliphatic rings. The molecule has 0 aromatic carbocycles. The molecule has 0 radical (unpaired) electrons. The predicted octanol–water partition coefficient (Wildman–Crippen LogP) is 1.31. The van der Waals surface area contributed by atoms with Crippen LogP contribution in [0.2, 0.25) is 0 Å². The normalized spacial score (nSPS) is 33.6. The van der Waals surface area contributed by atoms with E-state index >= 15 is 0 Å². The molecule has 3 atom stereocenters. The molecule has 1 aliphatic heterocycles. The molecule has 1 heterocycles. The number of hydrogen-bond donors (Lipinski definition) is 2. The fourth-order valence-electron chi connectivity index (χ4n) is 3.00. The van der Waals surface area contributed by atoms with Crippen molar-refractivity contribution in [3.05, 3.63) is 0 Å². The average molecular weight is 254 g/mol. The second-order valence-corrected chi connectivity index (χ2v) is 5.86. The van der Waals surface area contributed by atoms with E-state index in [0.29, 0.717) is 24.5 Å². The zero-order valence-electron chi connectivity index (χ0n) is 11.6. The summed E-state index contributed by atoms with van der Waals surface area (Å²) in [6.45, 7) is 6.59. The van der Waals surface area contributed by atoms with Crippen LogP contribution in [0.25, 0.3) is 0 Å². The molecular weight excluding hydrogens is 228 g/mol. The summed E-state index contributed by atoms with van der Waals surface area (Å²) in [5.74, 6) is 1.59. The molecule has 0 bridgehead atoms. The molecular formula is C14H26N2O2. The SMILES string of the molecule is CC1CCC(NCC(=O)NC2CCOCC2)C1C. The quantitative estimate of drug-likeness (QED) is 0.795. The van der Waals surface area contributed by atoms with Crippen molar-refractivity contribution in [1.82, 2.24) is 10.6 Å². The second-order valence-electron chi connectivity index (χ2n) is 5.86. The van der Waals surface area contributed by atoms with Crippen LogP contribution < -0.4 is 10.6 Å². The highest BCUT2D eigenvalue weighted by Gasteiger charge is 2.29. The van der Waals surface area contributed by atoms with Gasteiger partial charge in [-0.25, -0.2) is 0 Å². The summed E-state index contributed by atoms with van der Waals surface area (Å²) in [5, 5.41) is 6.50. The van der Waals surface area contributed by atoms with Crippen molar-refractivity contribution >= 4 is 5.91 Å². The van der Waals surface area contributed by atoms with Crippen LogP contribution >= 0.6 is 0 Å². The summed E-state index contributed by atoms with van der Waals surface area (Å²) in [6, 6.07) is 0.827. The van der Waals surface area contributed by atoms with Crippen LogP contribution in [0.15, 0.2) is 0 Å². The van der Waals surface area contributed by atoms with Crippen LogP contribution in [0, 0.1) is 11.8 Å². The highest BCUT2D eigenvalue weighted by Crippen LogP contribution is 2.30. The lowest BCUT2D eigenvalue weighted by Crippen LogP contribution is -2.45. The van der Waals surface area contributed by atoms with E-state index in [0.717, 1.165) is 32.0 Å². The van der Waals surface area contributed by atoms with E-state index in [1.54, 1.807) is 0 Å². The topological polar surface area (TPSA) is 50.4 Å². The molecule has 0 spiro atoms. The van der Waals surface area contributed by atoms with Gasteiger partial charge in [0.2, 0.25) is 5.91 Å². The zero-order valence-corrected chi connectivity index (χ0v) is 11.6. The third kappa shape index (κ3) is 3.69. The lowest BCUT2D eigenvalue weighted by molar-refractivity contribution is -0.121. The lowest BCUT2D eigenvalue weighted by Gasteiger charge is -2.24. The van der Waals surface area contributed by atoms with Gasteiger partial charge in [0.05, 0.1) is 6.54 Å². The van der Waals surface area contributed by atoms with Gasteiger partial charge in [-0.1, -0.05) is 13.8 Å². The summed E-state index contributed by atoms with van der Waals surface area (Å²) in [5.41, 5.74) is 0. The van der Waals surface area contributed by atoms with Crippen molar-refractivity contribution < 1.29 is 9.53 Å². The van der Waals surface area contributed by atoms with Crippen molar-refractivity contribution in [1.29, 1.82) is 0 Å². The monoisotopic (exact) mass is 254 g/mol. The molecule has 4 nitrogen and oxygen atoms in total. The van der Waals surface area contributed by atoms with Crippen LogP contribution in [0.4, 0.5) is 0 Å². The number of amides is 1. The second kappa shape index (κ2) is 6.53. The van der Waals surface area contributed by atoms with Gasteiger partial charge < -0.3 is 15.4 Å². The molecule has 1 aliphatic carbocycles. The predicted molar refractivity (Wildman–Crippen MR) is 71.3 cm³/mol. The summed E-state index contributed by atoms with van der Waals surface area (Å²) < 4.78 is 5.28. The van der Waals surface area contributed by atoms with E-state index in [-0.39, 0.29) is 5.91 Å². The van der Waals surface area contributed by atoms with Crippen LogP contribution in [0.1, 0.15) is 39.5 Å². The maximum absolute atomic E-state index is 11.8. The number of ether oxygens (including phenoxy) is 1. The molecule has 1 saturated carbocycles. The molecule has 18 heavy (non-hydrogen) atoms. The Kier molecular flexibility index (Phi) is 5.01. The Labute approximate surface area is 110 Å². The van der Waals surface area contributed by atoms with Crippen LogP contribution in [-0.4, -0.2) is 37.7 Å². The third-order valence-corrected chi connectivity index (χ3v) is 4.58. The highest BCUT2D eigenvalue weighted by atomic mass is 16.5.